The Morgan fingerprint density at radius 1 is 0.540 bits per heavy atom. The zero-order chi connectivity index (χ0) is 91.1. The first-order valence-corrected chi connectivity index (χ1v) is 45.0. The van der Waals surface area contributed by atoms with Gasteiger partial charge < -0.3 is 106 Å². The van der Waals surface area contributed by atoms with Gasteiger partial charge in [-0.25, -0.2) is 4.98 Å². The summed E-state index contributed by atoms with van der Waals surface area (Å²) < 4.78 is 0. The summed E-state index contributed by atoms with van der Waals surface area (Å²) in [5.41, 5.74) is 27.2. The Morgan fingerprint density at radius 2 is 1.06 bits per heavy atom. The maximum absolute atomic E-state index is 15.6. The van der Waals surface area contributed by atoms with Gasteiger partial charge in [0.2, 0.25) is 76.8 Å². The van der Waals surface area contributed by atoms with E-state index in [1.807, 2.05) is 0 Å². The summed E-state index contributed by atoms with van der Waals surface area (Å²) in [4.78, 5) is 263. The van der Waals surface area contributed by atoms with E-state index in [-0.39, 0.29) is 131 Å². The Kier molecular flexibility index (Phi) is 37.5. The van der Waals surface area contributed by atoms with Gasteiger partial charge in [0.1, 0.15) is 42.0 Å². The first-order chi connectivity index (χ1) is 60.2. The van der Waals surface area contributed by atoms with Crippen LogP contribution < -0.4 is 70.8 Å². The molecule has 0 radical (unpaired) electrons. The molecule has 3 fully saturated rings. The summed E-state index contributed by atoms with van der Waals surface area (Å²) in [6.45, 7) is 1.68. The average Bonchev–Trinajstić information content (AvgIpc) is 1.64. The minimum atomic E-state index is -1.74. The number of rotatable bonds is 20. The molecule has 22 N–H and O–H groups in total. The summed E-state index contributed by atoms with van der Waals surface area (Å²) in [6, 6.07) is 10.7. The molecule has 3 aliphatic heterocycles. The van der Waals surface area contributed by atoms with E-state index in [2.05, 4.69) is 67.8 Å². The van der Waals surface area contributed by atoms with Crippen molar-refractivity contribution in [3.05, 3.63) is 126 Å². The number of para-hydroxylation sites is 2. The molecule has 0 unspecified atom stereocenters. The number of aromatic amines is 3. The van der Waals surface area contributed by atoms with E-state index in [0.29, 0.717) is 44.2 Å². The summed E-state index contributed by atoms with van der Waals surface area (Å²) >= 11 is 3.18. The number of nitrogens with zero attached hydrogens (tertiary/aromatic N) is 4. The molecule has 6 aromatic rings. The first-order valence-electron chi connectivity index (χ1n) is 41.5. The lowest BCUT2D eigenvalue weighted by molar-refractivity contribution is -0.158. The van der Waals surface area contributed by atoms with E-state index in [4.69, 9.17) is 28.3 Å². The van der Waals surface area contributed by atoms with Crippen LogP contribution in [0.4, 0.5) is 0 Å². The second kappa shape index (κ2) is 48.3. The smallest absolute Gasteiger partial charge is 0.303 e. The highest BCUT2D eigenvalue weighted by molar-refractivity contribution is 7.99. The number of hydrogen-bond donors (Lipinski definition) is 18. The predicted octanol–water partition coefficient (Wildman–Crippen LogP) is -0.490. The van der Waals surface area contributed by atoms with Gasteiger partial charge in [-0.15, -0.1) is 0 Å². The fourth-order valence-corrected chi connectivity index (χ4v) is 17.7. The van der Waals surface area contributed by atoms with Gasteiger partial charge >= 0.3 is 5.97 Å². The molecule has 13 amide bonds. The second-order valence-electron chi connectivity index (χ2n) is 31.8. The van der Waals surface area contributed by atoms with Crippen molar-refractivity contribution >= 4 is 163 Å². The number of nitrogens with two attached hydrogens (primary N) is 4. The fraction of sp³-hybridized carbons (Fsp3) is 0.488. The highest BCUT2D eigenvalue weighted by Crippen LogP contribution is 2.28. The van der Waals surface area contributed by atoms with Crippen LogP contribution in [-0.2, 0) is 107 Å². The number of aromatic nitrogens is 4. The third-order valence-corrected chi connectivity index (χ3v) is 24.8. The second-order valence-corrected chi connectivity index (χ2v) is 35.3. The van der Waals surface area contributed by atoms with Crippen molar-refractivity contribution in [1.82, 2.24) is 82.5 Å². The van der Waals surface area contributed by atoms with Gasteiger partial charge in [-0.05, 0) is 60.4 Å². The molecule has 9 rings (SSSR count). The number of carboxylic acids is 1. The normalized spacial score (nSPS) is 23.7. The number of carbonyl (C=O) groups excluding carboxylic acids is 16. The van der Waals surface area contributed by atoms with Crippen LogP contribution in [0.25, 0.3) is 21.8 Å². The Balaban J connectivity index is 1.11. The molecule has 3 aromatic carbocycles. The number of aliphatic carboxylic acids is 1. The highest BCUT2D eigenvalue weighted by atomic mass is 32.2. The van der Waals surface area contributed by atoms with Crippen LogP contribution in [0, 0.1) is 29.1 Å². The number of fused-ring (bicyclic) bond motifs is 9. The third-order valence-electron chi connectivity index (χ3n) is 21.6. The number of hydrogen-bond acceptors (Lipinski definition) is 23. The molecule has 42 heteroatoms. The van der Waals surface area contributed by atoms with Gasteiger partial charge in [0.05, 0.1) is 62.5 Å². The standard InChI is InChI=1S/C84H111N21O18S3/c1-47(2)27-62-80(120)97-60(18-19-75(114)115)69(108)32-49(35-70(86)109)67(106)34-53-40-124-24-20-72(111)103-44-104(73(112)21-25-125-41-57(85)68(107)33-50(29-54-38-90-43-95-54)77(117)99-65(83(123)101-62)31-52-37-93-59-16-9-7-14-56(52)59)46-105(45-103)74(113)22-26-126-42-66(76(87)116)102-81(121)63(28-48-11-4-3-5-12-48)96-71(110)39-94-79(119)61(17-10-23-91-84(88)89)98-82(122)64(100-78(53)118)30-51-36-92-58-15-8-6-13-55(51)58/h3-9,11-16,36-38,43,47,49-50,53,57,60-66,92-93H,10,17-35,39-42,44-46,85H2,1-2H3,(H2,86,109)(H2,87,116)(H,90,95)(H,94,119)(H,96,110)(H,97,120)(H,98,122)(H,99,117)(H,100,118)(H,101,123)(H,102,121)(H,114,115)(H4,88,89,91)/t49-,50-,53+,57+,60+,61+,62+,63+,64+,65+,66+/m1/s1. The van der Waals surface area contributed by atoms with Crippen LogP contribution in [-0.4, -0.2) is 262 Å². The number of nitrogens with one attached hydrogen (secondary N) is 13. The number of benzene rings is 3. The molecule has 6 heterocycles. The van der Waals surface area contributed by atoms with Gasteiger partial charge in [-0.1, -0.05) is 80.6 Å². The van der Waals surface area contributed by atoms with E-state index in [1.165, 1.54) is 27.2 Å². The number of H-pyrrole nitrogens is 3. The number of guanidine groups is 1. The minimum absolute atomic E-state index is 0.00426. The fourth-order valence-electron chi connectivity index (χ4n) is 14.8. The summed E-state index contributed by atoms with van der Waals surface area (Å²) in [5, 5.41) is 43.2. The molecule has 0 aliphatic carbocycles. The summed E-state index contributed by atoms with van der Waals surface area (Å²) in [6.07, 6.45) is -0.0537. The molecule has 11 atom stereocenters. The van der Waals surface area contributed by atoms with Gasteiger partial charge in [-0.2, -0.15) is 35.3 Å². The minimum Gasteiger partial charge on any atom is -0.481 e. The number of primary amides is 2. The number of thioether (sulfide) groups is 3. The zero-order valence-corrected chi connectivity index (χ0v) is 72.5. The van der Waals surface area contributed by atoms with Crippen molar-refractivity contribution in [1.29, 1.82) is 5.41 Å². The van der Waals surface area contributed by atoms with Crippen molar-refractivity contribution in [2.45, 2.75) is 165 Å². The lowest BCUT2D eigenvalue weighted by atomic mass is 9.86. The number of ketones is 3. The first kappa shape index (κ1) is 97.6. The molecule has 4 bridgehead atoms. The monoisotopic (exact) mass is 1800 g/mol. The summed E-state index contributed by atoms with van der Waals surface area (Å²) in [5.74, 6) is -20.9. The molecule has 126 heavy (non-hydrogen) atoms. The maximum atomic E-state index is 15.6. The third kappa shape index (κ3) is 30.3. The molecule has 3 aliphatic rings. The molecular weight excluding hydrogens is 1690 g/mol. The number of carbonyl (C=O) groups is 17. The van der Waals surface area contributed by atoms with E-state index < -0.39 is 217 Å². The molecule has 3 aromatic heterocycles. The predicted molar refractivity (Wildman–Crippen MR) is 470 cm³/mol. The Morgan fingerprint density at radius 3 is 1.61 bits per heavy atom. The van der Waals surface area contributed by atoms with Crippen molar-refractivity contribution in [2.75, 3.05) is 67.6 Å². The van der Waals surface area contributed by atoms with Crippen molar-refractivity contribution in [3.8, 4) is 0 Å². The van der Waals surface area contributed by atoms with Crippen LogP contribution in [0.15, 0.2) is 104 Å². The highest BCUT2D eigenvalue weighted by Gasteiger charge is 2.40. The van der Waals surface area contributed by atoms with Crippen LogP contribution >= 0.6 is 35.3 Å². The zero-order valence-electron chi connectivity index (χ0n) is 70.0. The topological polar surface area (TPSA) is 617 Å². The van der Waals surface area contributed by atoms with Crippen LogP contribution in [0.1, 0.15) is 113 Å². The van der Waals surface area contributed by atoms with E-state index in [9.17, 15) is 62.6 Å². The molecule has 3 saturated heterocycles. The maximum Gasteiger partial charge on any atom is 0.303 e. The number of Topliss-reactive ketones (excluding diaryl/α,β-unsaturated/α-hetero) is 3. The molecule has 39 nitrogen and oxygen atoms in total. The SMILES string of the molecule is CC(C)C[C@@H]1NC(=O)[C@H](Cc2c[nH]c3ccccc23)NC(=O)[C@H](Cc2c[nH]cn2)CC(=O)[C@@H](N)CSCCC(=O)N2CN3CN(C2)C(=O)CCSC[C@@H](C(N)=O)NC(=O)[C@H](Cc2ccccc2)NC(=O)CNC(=O)[C@H](CCCNC(=N)N)NC(=O)[C@H](Cc2c[nH]c4ccccc24)NC(=O)[C@H](CSCCC3=O)CC(=O)[C@@H](CC(N)=O)CC(=O)[C@H](CCC(=O)O)NC1=O. The lowest BCUT2D eigenvalue weighted by Crippen LogP contribution is -2.59. The van der Waals surface area contributed by atoms with Crippen molar-refractivity contribution in [3.63, 3.8) is 0 Å². The number of imidazole rings is 1. The molecular formula is C84H111N21O18S3. The van der Waals surface area contributed by atoms with Crippen LogP contribution in [0.3, 0.4) is 0 Å². The molecule has 0 spiro atoms. The van der Waals surface area contributed by atoms with E-state index in [1.54, 1.807) is 105 Å². The average molecular weight is 1800 g/mol. The summed E-state index contributed by atoms with van der Waals surface area (Å²) in [7, 11) is 0. The van der Waals surface area contributed by atoms with E-state index >= 15 is 24.0 Å². The van der Waals surface area contributed by atoms with E-state index in [0.717, 1.165) is 35.3 Å². The van der Waals surface area contributed by atoms with Crippen LogP contribution in [0.2, 0.25) is 0 Å². The quantitative estimate of drug-likeness (QED) is 0.0260. The number of amides is 13. The number of carboxylic acid groups (broad SMARTS) is 1. The largest absolute Gasteiger partial charge is 0.481 e. The Labute approximate surface area is 739 Å². The molecule has 0 saturated carbocycles. The van der Waals surface area contributed by atoms with Gasteiger partial charge in [0, 0.05) is 164 Å². The van der Waals surface area contributed by atoms with Crippen LogP contribution in [0.5, 0.6) is 0 Å². The van der Waals surface area contributed by atoms with Gasteiger partial charge in [-0.3, -0.25) is 86.9 Å². The van der Waals surface area contributed by atoms with Gasteiger partial charge in [0.15, 0.2) is 17.5 Å². The lowest BCUT2D eigenvalue weighted by Gasteiger charge is -2.42. The Bertz CT molecular complexity index is 4900. The molecule has 678 valence electrons. The van der Waals surface area contributed by atoms with Gasteiger partial charge in [0.25, 0.3) is 0 Å². The van der Waals surface area contributed by atoms with Crippen molar-refractivity contribution in [2.24, 2.45) is 46.6 Å². The van der Waals surface area contributed by atoms with Crippen molar-refractivity contribution < 1.29 is 86.6 Å². The Hall–Kier alpha value is -12.2.